The second kappa shape index (κ2) is 6.23. The number of benzene rings is 1. The largest absolute Gasteiger partial charge is 0.548 e. The van der Waals surface area contributed by atoms with Crippen molar-refractivity contribution < 1.29 is 4.43 Å². The van der Waals surface area contributed by atoms with Crippen LogP contribution in [0.4, 0.5) is 0 Å². The molecule has 1 aromatic carbocycles. The fourth-order valence-corrected chi connectivity index (χ4v) is 3.15. The van der Waals surface area contributed by atoms with Gasteiger partial charge >= 0.3 is 0 Å². The molecular formula is C16H26OSi. The molecule has 100 valence electrons. The normalized spacial score (nSPS) is 14.7. The first-order valence-corrected chi connectivity index (χ1v) is 10.1. The van der Waals surface area contributed by atoms with E-state index in [4.69, 9.17) is 4.43 Å². The Balaban J connectivity index is 2.91. The Labute approximate surface area is 113 Å². The third kappa shape index (κ3) is 5.09. The van der Waals surface area contributed by atoms with Crippen LogP contribution in [-0.2, 0) is 4.43 Å². The maximum atomic E-state index is 6.04. The highest BCUT2D eigenvalue weighted by Gasteiger charge is 2.18. The molecule has 0 unspecified atom stereocenters. The minimum absolute atomic E-state index is 0.433. The fourth-order valence-electron chi connectivity index (χ4n) is 2.12. The van der Waals surface area contributed by atoms with Crippen molar-refractivity contribution in [2.24, 2.45) is 5.92 Å². The van der Waals surface area contributed by atoms with Crippen molar-refractivity contribution in [3.63, 3.8) is 0 Å². The first kappa shape index (κ1) is 15.0. The van der Waals surface area contributed by atoms with Crippen LogP contribution in [0.15, 0.2) is 42.2 Å². The highest BCUT2D eigenvalue weighted by Crippen LogP contribution is 2.27. The van der Waals surface area contributed by atoms with E-state index in [1.54, 1.807) is 0 Å². The highest BCUT2D eigenvalue weighted by molar-refractivity contribution is 6.70. The summed E-state index contributed by atoms with van der Waals surface area (Å²) in [4.78, 5) is 0. The Hall–Kier alpha value is -1.02. The Kier molecular flexibility index (Phi) is 5.21. The SMILES string of the molecule is C/C(=C\[C@@H](c1ccccc1)C(C)C)O[Si](C)(C)C. The van der Waals surface area contributed by atoms with E-state index in [1.165, 1.54) is 5.56 Å². The second-order valence-electron chi connectivity index (χ2n) is 6.17. The fraction of sp³-hybridized carbons (Fsp3) is 0.500. The van der Waals surface area contributed by atoms with Gasteiger partial charge in [-0.1, -0.05) is 44.2 Å². The van der Waals surface area contributed by atoms with Crippen molar-refractivity contribution in [3.8, 4) is 0 Å². The van der Waals surface area contributed by atoms with E-state index in [9.17, 15) is 0 Å². The molecule has 2 heteroatoms. The summed E-state index contributed by atoms with van der Waals surface area (Å²) in [5.74, 6) is 2.08. The van der Waals surface area contributed by atoms with Gasteiger partial charge < -0.3 is 4.43 Å². The van der Waals surface area contributed by atoms with Crippen LogP contribution in [0.5, 0.6) is 0 Å². The van der Waals surface area contributed by atoms with Gasteiger partial charge in [-0.15, -0.1) is 0 Å². The third-order valence-electron chi connectivity index (χ3n) is 2.78. The molecule has 1 atom stereocenters. The number of hydrogen-bond donors (Lipinski definition) is 0. The van der Waals surface area contributed by atoms with E-state index < -0.39 is 8.32 Å². The third-order valence-corrected chi connectivity index (χ3v) is 3.72. The van der Waals surface area contributed by atoms with Crippen molar-refractivity contribution in [1.82, 2.24) is 0 Å². The van der Waals surface area contributed by atoms with Gasteiger partial charge in [0.2, 0.25) is 8.32 Å². The van der Waals surface area contributed by atoms with E-state index in [-0.39, 0.29) is 0 Å². The van der Waals surface area contributed by atoms with Gasteiger partial charge in [0.15, 0.2) is 0 Å². The first-order chi connectivity index (χ1) is 8.29. The number of allylic oxidation sites excluding steroid dienone is 2. The van der Waals surface area contributed by atoms with E-state index in [1.807, 2.05) is 0 Å². The zero-order valence-corrected chi connectivity index (χ0v) is 13.5. The Morgan fingerprint density at radius 3 is 2.11 bits per heavy atom. The maximum Gasteiger partial charge on any atom is 0.241 e. The molecule has 0 spiro atoms. The molecule has 0 N–H and O–H groups in total. The van der Waals surface area contributed by atoms with Gasteiger partial charge in [-0.2, -0.15) is 0 Å². The van der Waals surface area contributed by atoms with Crippen LogP contribution in [0.2, 0.25) is 19.6 Å². The van der Waals surface area contributed by atoms with Gasteiger partial charge in [-0.05, 0) is 44.1 Å². The lowest BCUT2D eigenvalue weighted by molar-refractivity contribution is 0.414. The van der Waals surface area contributed by atoms with Crippen LogP contribution in [0.25, 0.3) is 0 Å². The van der Waals surface area contributed by atoms with E-state index in [0.717, 1.165) is 5.76 Å². The Morgan fingerprint density at radius 1 is 1.11 bits per heavy atom. The van der Waals surface area contributed by atoms with Gasteiger partial charge in [0.25, 0.3) is 0 Å². The van der Waals surface area contributed by atoms with Crippen LogP contribution in [0.1, 0.15) is 32.3 Å². The van der Waals surface area contributed by atoms with Gasteiger partial charge in [-0.25, -0.2) is 0 Å². The van der Waals surface area contributed by atoms with Crippen molar-refractivity contribution in [2.45, 2.75) is 46.3 Å². The minimum Gasteiger partial charge on any atom is -0.548 e. The van der Waals surface area contributed by atoms with E-state index in [2.05, 4.69) is 76.8 Å². The van der Waals surface area contributed by atoms with Gasteiger partial charge in [0.1, 0.15) is 0 Å². The van der Waals surface area contributed by atoms with Crippen molar-refractivity contribution >= 4 is 8.32 Å². The van der Waals surface area contributed by atoms with Crippen LogP contribution >= 0.6 is 0 Å². The molecule has 0 aliphatic heterocycles. The molecule has 0 fully saturated rings. The molecule has 0 aliphatic rings. The molecule has 0 heterocycles. The first-order valence-electron chi connectivity index (χ1n) is 6.72. The molecule has 0 aliphatic carbocycles. The van der Waals surface area contributed by atoms with Crippen LogP contribution < -0.4 is 0 Å². The van der Waals surface area contributed by atoms with Crippen LogP contribution in [0.3, 0.4) is 0 Å². The number of hydrogen-bond acceptors (Lipinski definition) is 1. The summed E-state index contributed by atoms with van der Waals surface area (Å²) >= 11 is 0. The van der Waals surface area contributed by atoms with Crippen LogP contribution in [0, 0.1) is 5.92 Å². The van der Waals surface area contributed by atoms with Crippen molar-refractivity contribution in [3.05, 3.63) is 47.7 Å². The average Bonchev–Trinajstić information content (AvgIpc) is 2.24. The smallest absolute Gasteiger partial charge is 0.241 e. The molecule has 1 nitrogen and oxygen atoms in total. The summed E-state index contributed by atoms with van der Waals surface area (Å²) in [6.45, 7) is 13.3. The minimum atomic E-state index is -1.49. The average molecular weight is 262 g/mol. The topological polar surface area (TPSA) is 9.23 Å². The Morgan fingerprint density at radius 2 is 1.67 bits per heavy atom. The molecule has 0 amide bonds. The molecule has 0 aromatic heterocycles. The standard InChI is InChI=1S/C16H26OSi/c1-13(2)16(15-10-8-7-9-11-15)12-14(3)17-18(4,5)6/h7-13,16H,1-6H3/b14-12+/t16-/m1/s1. The molecule has 0 saturated heterocycles. The summed E-state index contributed by atoms with van der Waals surface area (Å²) in [5.41, 5.74) is 1.37. The zero-order valence-electron chi connectivity index (χ0n) is 12.5. The summed E-state index contributed by atoms with van der Waals surface area (Å²) in [6, 6.07) is 10.7. The summed E-state index contributed by atoms with van der Waals surface area (Å²) in [7, 11) is -1.49. The quantitative estimate of drug-likeness (QED) is 0.524. The predicted octanol–water partition coefficient (Wildman–Crippen LogP) is 5.18. The van der Waals surface area contributed by atoms with Crippen molar-refractivity contribution in [2.75, 3.05) is 0 Å². The molecule has 1 aromatic rings. The predicted molar refractivity (Wildman–Crippen MR) is 82.2 cm³/mol. The Bertz CT molecular complexity index is 387. The molecule has 0 radical (unpaired) electrons. The summed E-state index contributed by atoms with van der Waals surface area (Å²) in [6.07, 6.45) is 2.28. The number of rotatable bonds is 5. The second-order valence-corrected chi connectivity index (χ2v) is 10.6. The molecule has 0 bridgehead atoms. The molecule has 1 rings (SSSR count). The lowest BCUT2D eigenvalue weighted by atomic mass is 9.88. The van der Waals surface area contributed by atoms with E-state index in [0.29, 0.717) is 11.8 Å². The maximum absolute atomic E-state index is 6.04. The summed E-state index contributed by atoms with van der Waals surface area (Å²) < 4.78 is 6.04. The van der Waals surface area contributed by atoms with Crippen LogP contribution in [-0.4, -0.2) is 8.32 Å². The van der Waals surface area contributed by atoms with Gasteiger partial charge in [0.05, 0.1) is 5.76 Å². The molecular weight excluding hydrogens is 236 g/mol. The summed E-state index contributed by atoms with van der Waals surface area (Å²) in [5, 5.41) is 0. The van der Waals surface area contributed by atoms with Gasteiger partial charge in [0, 0.05) is 5.92 Å². The zero-order chi connectivity index (χ0) is 13.8. The molecule has 0 saturated carbocycles. The highest BCUT2D eigenvalue weighted by atomic mass is 28.4. The monoisotopic (exact) mass is 262 g/mol. The van der Waals surface area contributed by atoms with E-state index >= 15 is 0 Å². The lowest BCUT2D eigenvalue weighted by Gasteiger charge is -2.23. The molecule has 18 heavy (non-hydrogen) atoms. The van der Waals surface area contributed by atoms with Crippen molar-refractivity contribution in [1.29, 1.82) is 0 Å². The lowest BCUT2D eigenvalue weighted by Crippen LogP contribution is -2.24. The van der Waals surface area contributed by atoms with Gasteiger partial charge in [-0.3, -0.25) is 0 Å².